The molecule has 0 N–H and O–H groups in total. The summed E-state index contributed by atoms with van der Waals surface area (Å²) < 4.78 is 10.8. The molecule has 0 aliphatic rings. The van der Waals surface area contributed by atoms with Crippen molar-refractivity contribution in [2.45, 2.75) is 13.8 Å². The third kappa shape index (κ3) is 2.01. The minimum absolute atomic E-state index is 0.643. The molecule has 2 rings (SSSR count). The third-order valence-electron chi connectivity index (χ3n) is 2.13. The molecule has 3 heteroatoms. The minimum Gasteiger partial charge on any atom is -0.493 e. The molecule has 0 aliphatic heterocycles. The van der Waals surface area contributed by atoms with E-state index >= 15 is 0 Å². The van der Waals surface area contributed by atoms with Crippen molar-refractivity contribution < 1.29 is 9.15 Å². The average molecular weight is 203 g/mol. The van der Waals surface area contributed by atoms with Gasteiger partial charge in [-0.25, -0.2) is 4.98 Å². The maximum absolute atomic E-state index is 5.55. The summed E-state index contributed by atoms with van der Waals surface area (Å²) in [5, 5.41) is 0. The topological polar surface area (TPSA) is 35.3 Å². The van der Waals surface area contributed by atoms with Gasteiger partial charge >= 0.3 is 0 Å². The standard InChI is InChI=1S/C12H13NO2/c1-3-14-11-6-9(2)4-5-10(11)12-7-13-8-15-12/h4-8H,3H2,1-2H3. The first-order valence-electron chi connectivity index (χ1n) is 4.93. The Balaban J connectivity index is 2.46. The quantitative estimate of drug-likeness (QED) is 0.769. The van der Waals surface area contributed by atoms with Crippen LogP contribution >= 0.6 is 0 Å². The molecule has 0 radical (unpaired) electrons. The van der Waals surface area contributed by atoms with E-state index in [4.69, 9.17) is 9.15 Å². The molecule has 1 heterocycles. The van der Waals surface area contributed by atoms with Crippen LogP contribution in [-0.4, -0.2) is 11.6 Å². The maximum atomic E-state index is 5.55. The second-order valence-corrected chi connectivity index (χ2v) is 3.30. The van der Waals surface area contributed by atoms with Gasteiger partial charge in [0, 0.05) is 0 Å². The molecule has 78 valence electrons. The number of ether oxygens (including phenoxy) is 1. The molecule has 1 aromatic heterocycles. The van der Waals surface area contributed by atoms with E-state index in [-0.39, 0.29) is 0 Å². The van der Waals surface area contributed by atoms with Crippen LogP contribution < -0.4 is 4.74 Å². The van der Waals surface area contributed by atoms with Crippen molar-refractivity contribution in [3.05, 3.63) is 36.4 Å². The van der Waals surface area contributed by atoms with E-state index in [9.17, 15) is 0 Å². The molecule has 3 nitrogen and oxygen atoms in total. The summed E-state index contributed by atoms with van der Waals surface area (Å²) in [4.78, 5) is 3.90. The van der Waals surface area contributed by atoms with E-state index in [0.29, 0.717) is 6.61 Å². The molecule has 2 aromatic rings. The normalized spacial score (nSPS) is 10.3. The molecule has 15 heavy (non-hydrogen) atoms. The summed E-state index contributed by atoms with van der Waals surface area (Å²) in [5.41, 5.74) is 2.11. The predicted octanol–water partition coefficient (Wildman–Crippen LogP) is 3.05. The van der Waals surface area contributed by atoms with Crippen LogP contribution in [0.25, 0.3) is 11.3 Å². The van der Waals surface area contributed by atoms with E-state index < -0.39 is 0 Å². The van der Waals surface area contributed by atoms with Crippen molar-refractivity contribution in [2.24, 2.45) is 0 Å². The van der Waals surface area contributed by atoms with Crippen LogP contribution in [0.15, 0.2) is 35.2 Å². The molecule has 0 fully saturated rings. The van der Waals surface area contributed by atoms with Crippen LogP contribution in [0.5, 0.6) is 5.75 Å². The van der Waals surface area contributed by atoms with E-state index in [2.05, 4.69) is 4.98 Å². The van der Waals surface area contributed by atoms with Crippen LogP contribution in [0.2, 0.25) is 0 Å². The zero-order valence-electron chi connectivity index (χ0n) is 8.86. The van der Waals surface area contributed by atoms with Gasteiger partial charge in [0.25, 0.3) is 0 Å². The fourth-order valence-electron chi connectivity index (χ4n) is 1.46. The second-order valence-electron chi connectivity index (χ2n) is 3.30. The Bertz CT molecular complexity index is 435. The number of hydrogen-bond acceptors (Lipinski definition) is 3. The first-order valence-corrected chi connectivity index (χ1v) is 4.93. The zero-order chi connectivity index (χ0) is 10.7. The maximum Gasteiger partial charge on any atom is 0.181 e. The number of aromatic nitrogens is 1. The summed E-state index contributed by atoms with van der Waals surface area (Å²) >= 11 is 0. The monoisotopic (exact) mass is 203 g/mol. The van der Waals surface area contributed by atoms with Crippen LogP contribution in [0.1, 0.15) is 12.5 Å². The van der Waals surface area contributed by atoms with E-state index in [0.717, 1.165) is 17.1 Å². The van der Waals surface area contributed by atoms with E-state index in [1.165, 1.54) is 12.0 Å². The first kappa shape index (κ1) is 9.77. The van der Waals surface area contributed by atoms with Crippen molar-refractivity contribution in [1.82, 2.24) is 4.98 Å². The molecular formula is C12H13NO2. The summed E-state index contributed by atoms with van der Waals surface area (Å²) in [7, 11) is 0. The Kier molecular flexibility index (Phi) is 2.72. The van der Waals surface area contributed by atoms with Gasteiger partial charge < -0.3 is 9.15 Å². The summed E-state index contributed by atoms with van der Waals surface area (Å²) in [5.74, 6) is 1.58. The van der Waals surface area contributed by atoms with Crippen molar-refractivity contribution in [1.29, 1.82) is 0 Å². The van der Waals surface area contributed by atoms with Gasteiger partial charge in [-0.3, -0.25) is 0 Å². The van der Waals surface area contributed by atoms with Crippen LogP contribution in [-0.2, 0) is 0 Å². The molecule has 0 aliphatic carbocycles. The number of hydrogen-bond donors (Lipinski definition) is 0. The van der Waals surface area contributed by atoms with Gasteiger partial charge in [-0.2, -0.15) is 0 Å². The van der Waals surface area contributed by atoms with Gasteiger partial charge in [0.15, 0.2) is 12.2 Å². The molecule has 0 bridgehead atoms. The third-order valence-corrected chi connectivity index (χ3v) is 2.13. The fraction of sp³-hybridized carbons (Fsp3) is 0.250. The second kappa shape index (κ2) is 4.17. The highest BCUT2D eigenvalue weighted by Crippen LogP contribution is 2.30. The molecule has 0 unspecified atom stereocenters. The zero-order valence-corrected chi connectivity index (χ0v) is 8.86. The van der Waals surface area contributed by atoms with E-state index in [1.807, 2.05) is 32.0 Å². The number of aryl methyl sites for hydroxylation is 1. The van der Waals surface area contributed by atoms with Crippen LogP contribution in [0.3, 0.4) is 0 Å². The van der Waals surface area contributed by atoms with Crippen molar-refractivity contribution in [3.8, 4) is 17.1 Å². The van der Waals surface area contributed by atoms with Crippen molar-refractivity contribution in [2.75, 3.05) is 6.61 Å². The fourth-order valence-corrected chi connectivity index (χ4v) is 1.46. The summed E-state index contributed by atoms with van der Waals surface area (Å²) in [6, 6.07) is 6.02. The number of rotatable bonds is 3. The number of nitrogens with zero attached hydrogens (tertiary/aromatic N) is 1. The van der Waals surface area contributed by atoms with Crippen LogP contribution in [0.4, 0.5) is 0 Å². The van der Waals surface area contributed by atoms with Gasteiger partial charge in [-0.15, -0.1) is 0 Å². The van der Waals surface area contributed by atoms with Gasteiger partial charge in [0.2, 0.25) is 0 Å². The molecule has 0 spiro atoms. The Hall–Kier alpha value is -1.77. The average Bonchev–Trinajstić information content (AvgIpc) is 2.71. The molecule has 0 saturated carbocycles. The lowest BCUT2D eigenvalue weighted by atomic mass is 10.1. The van der Waals surface area contributed by atoms with Gasteiger partial charge in [0.1, 0.15) is 5.75 Å². The Morgan fingerprint density at radius 2 is 2.27 bits per heavy atom. The Morgan fingerprint density at radius 1 is 1.40 bits per heavy atom. The van der Waals surface area contributed by atoms with E-state index in [1.54, 1.807) is 6.20 Å². The molecule has 0 atom stereocenters. The minimum atomic E-state index is 0.643. The lowest BCUT2D eigenvalue weighted by Crippen LogP contribution is -1.94. The number of benzene rings is 1. The summed E-state index contributed by atoms with van der Waals surface area (Å²) in [6.07, 6.45) is 3.11. The highest BCUT2D eigenvalue weighted by molar-refractivity contribution is 5.65. The number of oxazole rings is 1. The van der Waals surface area contributed by atoms with Crippen LogP contribution in [0, 0.1) is 6.92 Å². The highest BCUT2D eigenvalue weighted by Gasteiger charge is 2.08. The smallest absolute Gasteiger partial charge is 0.181 e. The largest absolute Gasteiger partial charge is 0.493 e. The summed E-state index contributed by atoms with van der Waals surface area (Å²) in [6.45, 7) is 4.64. The molecule has 0 saturated heterocycles. The molecule has 1 aromatic carbocycles. The van der Waals surface area contributed by atoms with Gasteiger partial charge in [-0.1, -0.05) is 6.07 Å². The molecular weight excluding hydrogens is 190 g/mol. The van der Waals surface area contributed by atoms with Gasteiger partial charge in [0.05, 0.1) is 18.4 Å². The predicted molar refractivity (Wildman–Crippen MR) is 57.8 cm³/mol. The Morgan fingerprint density at radius 3 is 2.93 bits per heavy atom. The first-order chi connectivity index (χ1) is 7.31. The highest BCUT2D eigenvalue weighted by atomic mass is 16.5. The van der Waals surface area contributed by atoms with Gasteiger partial charge in [-0.05, 0) is 31.5 Å². The van der Waals surface area contributed by atoms with Crippen molar-refractivity contribution in [3.63, 3.8) is 0 Å². The SMILES string of the molecule is CCOc1cc(C)ccc1-c1cnco1. The molecule has 0 amide bonds. The van der Waals surface area contributed by atoms with Crippen molar-refractivity contribution >= 4 is 0 Å². The lowest BCUT2D eigenvalue weighted by Gasteiger charge is -2.08. The Labute approximate surface area is 88.7 Å². The lowest BCUT2D eigenvalue weighted by molar-refractivity contribution is 0.340.